The fourth-order valence-electron chi connectivity index (χ4n) is 2.28. The van der Waals surface area contributed by atoms with Gasteiger partial charge >= 0.3 is 0 Å². The number of halogens is 3. The summed E-state index contributed by atoms with van der Waals surface area (Å²) in [7, 11) is -4.35. The van der Waals surface area contributed by atoms with Crippen molar-refractivity contribution in [1.29, 1.82) is 0 Å². The van der Waals surface area contributed by atoms with Gasteiger partial charge in [0.15, 0.2) is 0 Å². The highest BCUT2D eigenvalue weighted by Gasteiger charge is 2.30. The van der Waals surface area contributed by atoms with Crippen molar-refractivity contribution in [3.63, 3.8) is 0 Å². The zero-order valence-corrected chi connectivity index (χ0v) is 13.4. The Morgan fingerprint density at radius 1 is 1.43 bits per heavy atom. The van der Waals surface area contributed by atoms with Gasteiger partial charge in [-0.05, 0) is 18.4 Å². The molecular weight excluding hydrogens is 342 g/mol. The van der Waals surface area contributed by atoms with Crippen molar-refractivity contribution in [1.82, 2.24) is 4.90 Å². The van der Waals surface area contributed by atoms with Gasteiger partial charge in [-0.15, -0.1) is 0 Å². The molecule has 0 aromatic heterocycles. The van der Waals surface area contributed by atoms with E-state index < -0.39 is 36.7 Å². The number of sulfonamides is 1. The van der Waals surface area contributed by atoms with Crippen molar-refractivity contribution in [2.75, 3.05) is 13.1 Å². The van der Waals surface area contributed by atoms with Crippen molar-refractivity contribution in [3.05, 3.63) is 27.5 Å². The molecule has 1 aromatic rings. The van der Waals surface area contributed by atoms with E-state index in [1.165, 1.54) is 4.90 Å². The molecule has 1 aliphatic rings. The minimum absolute atomic E-state index is 0.253. The topological polar surface area (TPSA) is 80.5 Å². The molecule has 0 bridgehead atoms. The number of amides is 1. The van der Waals surface area contributed by atoms with Crippen LogP contribution in [0.3, 0.4) is 0 Å². The maximum absolute atomic E-state index is 13.8. The van der Waals surface area contributed by atoms with E-state index in [1.807, 2.05) is 6.92 Å². The SMILES string of the molecule is CC1CCN(C(=O)c2cc(F)c(Cl)c(S(N)(=O)=O)c2Cl)C1. The van der Waals surface area contributed by atoms with Gasteiger partial charge in [-0.1, -0.05) is 30.1 Å². The van der Waals surface area contributed by atoms with Gasteiger partial charge < -0.3 is 4.90 Å². The Labute approximate surface area is 131 Å². The standard InChI is InChI=1S/C12H13Cl2FN2O3S/c1-6-2-3-17(5-6)12(18)7-4-8(15)10(14)11(9(7)13)21(16,19)20/h4,6H,2-3,5H2,1H3,(H2,16,19,20). The number of primary sulfonamides is 1. The largest absolute Gasteiger partial charge is 0.338 e. The molecule has 0 aliphatic carbocycles. The number of hydrogen-bond donors (Lipinski definition) is 1. The molecule has 1 aromatic carbocycles. The summed E-state index contributed by atoms with van der Waals surface area (Å²) in [4.78, 5) is 13.1. The van der Waals surface area contributed by atoms with Gasteiger partial charge in [-0.3, -0.25) is 4.79 Å². The molecule has 2 N–H and O–H groups in total. The molecule has 0 saturated carbocycles. The zero-order chi connectivity index (χ0) is 15.9. The molecule has 1 fully saturated rings. The quantitative estimate of drug-likeness (QED) is 0.827. The van der Waals surface area contributed by atoms with Crippen LogP contribution in [-0.4, -0.2) is 32.3 Å². The minimum atomic E-state index is -4.35. The lowest BCUT2D eigenvalue weighted by Crippen LogP contribution is -2.29. The van der Waals surface area contributed by atoms with Crippen LogP contribution in [0.2, 0.25) is 10.0 Å². The Hall–Kier alpha value is -0.890. The van der Waals surface area contributed by atoms with Crippen LogP contribution in [0.5, 0.6) is 0 Å². The third-order valence-corrected chi connectivity index (χ3v) is 5.31. The Morgan fingerprint density at radius 2 is 2.05 bits per heavy atom. The second kappa shape index (κ2) is 5.72. The molecule has 1 heterocycles. The van der Waals surface area contributed by atoms with Crippen LogP contribution in [0.1, 0.15) is 23.7 Å². The Kier molecular flexibility index (Phi) is 4.49. The number of nitrogens with two attached hydrogens (primary N) is 1. The summed E-state index contributed by atoms with van der Waals surface area (Å²) in [6, 6.07) is 0.838. The molecule has 2 rings (SSSR count). The van der Waals surface area contributed by atoms with Crippen molar-refractivity contribution in [3.8, 4) is 0 Å². The molecule has 9 heteroatoms. The Balaban J connectivity index is 2.56. The van der Waals surface area contributed by atoms with Crippen molar-refractivity contribution < 1.29 is 17.6 Å². The molecule has 1 amide bonds. The summed E-state index contributed by atoms with van der Waals surface area (Å²) in [5.74, 6) is -1.27. The number of carbonyl (C=O) groups excluding carboxylic acids is 1. The number of likely N-dealkylation sites (tertiary alicyclic amines) is 1. The van der Waals surface area contributed by atoms with Gasteiger partial charge in [0, 0.05) is 13.1 Å². The fraction of sp³-hybridized carbons (Fsp3) is 0.417. The van der Waals surface area contributed by atoms with Gasteiger partial charge in [0.25, 0.3) is 5.91 Å². The lowest BCUT2D eigenvalue weighted by atomic mass is 10.1. The van der Waals surface area contributed by atoms with Gasteiger partial charge in [-0.25, -0.2) is 17.9 Å². The molecule has 1 atom stereocenters. The number of rotatable bonds is 2. The highest BCUT2D eigenvalue weighted by molar-refractivity contribution is 7.89. The smallest absolute Gasteiger partial charge is 0.255 e. The third kappa shape index (κ3) is 3.15. The lowest BCUT2D eigenvalue weighted by Gasteiger charge is -2.18. The summed E-state index contributed by atoms with van der Waals surface area (Å²) in [6.45, 7) is 2.99. The normalized spacial score (nSPS) is 19.1. The molecule has 1 aliphatic heterocycles. The van der Waals surface area contributed by atoms with E-state index >= 15 is 0 Å². The molecule has 0 radical (unpaired) electrons. The fourth-order valence-corrected chi connectivity index (χ4v) is 4.06. The first kappa shape index (κ1) is 16.5. The third-order valence-electron chi connectivity index (χ3n) is 3.34. The molecule has 1 unspecified atom stereocenters. The Morgan fingerprint density at radius 3 is 2.52 bits per heavy atom. The number of nitrogens with zero attached hydrogens (tertiary/aromatic N) is 1. The second-order valence-electron chi connectivity index (χ2n) is 5.05. The van der Waals surface area contributed by atoms with E-state index in [4.69, 9.17) is 28.3 Å². The highest BCUT2D eigenvalue weighted by Crippen LogP contribution is 2.35. The molecule has 5 nitrogen and oxygen atoms in total. The Bertz CT molecular complexity index is 709. The monoisotopic (exact) mass is 354 g/mol. The molecular formula is C12H13Cl2FN2O3S. The lowest BCUT2D eigenvalue weighted by molar-refractivity contribution is 0.0787. The number of benzene rings is 1. The molecule has 21 heavy (non-hydrogen) atoms. The number of carbonyl (C=O) groups is 1. The average molecular weight is 355 g/mol. The predicted molar refractivity (Wildman–Crippen MR) is 77.5 cm³/mol. The van der Waals surface area contributed by atoms with Crippen LogP contribution in [0.4, 0.5) is 4.39 Å². The highest BCUT2D eigenvalue weighted by atomic mass is 35.5. The van der Waals surface area contributed by atoms with Crippen LogP contribution in [0, 0.1) is 11.7 Å². The van der Waals surface area contributed by atoms with E-state index in [-0.39, 0.29) is 5.56 Å². The molecule has 116 valence electrons. The van der Waals surface area contributed by atoms with Gasteiger partial charge in [0.2, 0.25) is 10.0 Å². The maximum Gasteiger partial charge on any atom is 0.255 e. The first-order chi connectivity index (χ1) is 9.62. The predicted octanol–water partition coefficient (Wildman–Crippen LogP) is 2.26. The molecule has 0 spiro atoms. The van der Waals surface area contributed by atoms with E-state index in [9.17, 15) is 17.6 Å². The van der Waals surface area contributed by atoms with E-state index in [0.29, 0.717) is 19.0 Å². The van der Waals surface area contributed by atoms with Crippen molar-refractivity contribution >= 4 is 39.1 Å². The van der Waals surface area contributed by atoms with Crippen LogP contribution in [-0.2, 0) is 10.0 Å². The number of hydrogen-bond acceptors (Lipinski definition) is 3. The van der Waals surface area contributed by atoms with Crippen LogP contribution in [0.15, 0.2) is 11.0 Å². The van der Waals surface area contributed by atoms with Gasteiger partial charge in [0.05, 0.1) is 15.6 Å². The summed E-state index contributed by atoms with van der Waals surface area (Å²) >= 11 is 11.5. The summed E-state index contributed by atoms with van der Waals surface area (Å²) < 4.78 is 36.8. The summed E-state index contributed by atoms with van der Waals surface area (Å²) in [6.07, 6.45) is 0.821. The zero-order valence-electron chi connectivity index (χ0n) is 11.1. The van der Waals surface area contributed by atoms with Gasteiger partial charge in [0.1, 0.15) is 10.7 Å². The van der Waals surface area contributed by atoms with E-state index in [1.54, 1.807) is 0 Å². The first-order valence-corrected chi connectivity index (χ1v) is 8.42. The first-order valence-electron chi connectivity index (χ1n) is 6.12. The summed E-state index contributed by atoms with van der Waals surface area (Å²) in [5.41, 5.74) is -0.253. The van der Waals surface area contributed by atoms with Crippen molar-refractivity contribution in [2.45, 2.75) is 18.2 Å². The van der Waals surface area contributed by atoms with Crippen LogP contribution in [0.25, 0.3) is 0 Å². The van der Waals surface area contributed by atoms with Crippen molar-refractivity contribution in [2.24, 2.45) is 11.1 Å². The van der Waals surface area contributed by atoms with Crippen LogP contribution < -0.4 is 5.14 Å². The second-order valence-corrected chi connectivity index (χ2v) is 7.31. The van der Waals surface area contributed by atoms with E-state index in [0.717, 1.165) is 12.5 Å². The van der Waals surface area contributed by atoms with E-state index in [2.05, 4.69) is 0 Å². The average Bonchev–Trinajstić information content (AvgIpc) is 2.78. The summed E-state index contributed by atoms with van der Waals surface area (Å²) in [5, 5.41) is 3.82. The molecule has 1 saturated heterocycles. The van der Waals surface area contributed by atoms with Crippen LogP contribution >= 0.6 is 23.2 Å². The van der Waals surface area contributed by atoms with Gasteiger partial charge in [-0.2, -0.15) is 0 Å². The minimum Gasteiger partial charge on any atom is -0.338 e. The maximum atomic E-state index is 13.8.